The minimum atomic E-state index is -0.00689. The summed E-state index contributed by atoms with van der Waals surface area (Å²) in [5, 5.41) is 0. The van der Waals surface area contributed by atoms with Crippen LogP contribution < -0.4 is 5.73 Å². The van der Waals surface area contributed by atoms with Crippen LogP contribution in [0.3, 0.4) is 0 Å². The fraction of sp³-hybridized carbons (Fsp3) is 1.00. The Labute approximate surface area is 105 Å². The Morgan fingerprint density at radius 1 is 1.29 bits per heavy atom. The molecule has 0 radical (unpaired) electrons. The molecule has 2 rings (SSSR count). The summed E-state index contributed by atoms with van der Waals surface area (Å²) in [5.74, 6) is 0.747. The van der Waals surface area contributed by atoms with Gasteiger partial charge in [0.05, 0.1) is 5.60 Å². The summed E-state index contributed by atoms with van der Waals surface area (Å²) in [6.45, 7) is 4.71. The van der Waals surface area contributed by atoms with Crippen molar-refractivity contribution in [1.82, 2.24) is 0 Å². The first-order valence-electron chi connectivity index (χ1n) is 7.24. The number of nitrogens with two attached hydrogens (primary N) is 1. The molecule has 100 valence electrons. The van der Waals surface area contributed by atoms with Crippen molar-refractivity contribution in [3.05, 3.63) is 0 Å². The van der Waals surface area contributed by atoms with Gasteiger partial charge in [0.2, 0.25) is 0 Å². The zero-order valence-electron chi connectivity index (χ0n) is 11.1. The van der Waals surface area contributed by atoms with E-state index in [2.05, 4.69) is 6.92 Å². The van der Waals surface area contributed by atoms with Crippen LogP contribution in [0.25, 0.3) is 0 Å². The Morgan fingerprint density at radius 3 is 2.53 bits per heavy atom. The molecule has 3 nitrogen and oxygen atoms in total. The predicted molar refractivity (Wildman–Crippen MR) is 69.0 cm³/mol. The fourth-order valence-electron chi connectivity index (χ4n) is 3.44. The number of rotatable bonds is 5. The topological polar surface area (TPSA) is 44.5 Å². The largest absolute Gasteiger partial charge is 0.381 e. The molecule has 1 heterocycles. The molecule has 0 amide bonds. The lowest BCUT2D eigenvalue weighted by Gasteiger charge is -2.37. The molecule has 2 N–H and O–H groups in total. The highest BCUT2D eigenvalue weighted by Gasteiger charge is 2.41. The van der Waals surface area contributed by atoms with Crippen molar-refractivity contribution in [2.75, 3.05) is 19.8 Å². The summed E-state index contributed by atoms with van der Waals surface area (Å²) >= 11 is 0. The molecule has 2 fully saturated rings. The minimum Gasteiger partial charge on any atom is -0.381 e. The van der Waals surface area contributed by atoms with E-state index in [1.54, 1.807) is 0 Å². The molecule has 1 saturated carbocycles. The maximum absolute atomic E-state index is 6.47. The molecule has 3 heteroatoms. The lowest BCUT2D eigenvalue weighted by atomic mass is 9.83. The number of ether oxygens (including phenoxy) is 2. The van der Waals surface area contributed by atoms with Crippen molar-refractivity contribution in [3.8, 4) is 0 Å². The highest BCUT2D eigenvalue weighted by molar-refractivity contribution is 4.96. The maximum atomic E-state index is 6.47. The Balaban J connectivity index is 1.89. The van der Waals surface area contributed by atoms with E-state index >= 15 is 0 Å². The quantitative estimate of drug-likeness (QED) is 0.804. The third-order valence-corrected chi connectivity index (χ3v) is 4.49. The van der Waals surface area contributed by atoms with Gasteiger partial charge in [0.25, 0.3) is 0 Å². The first-order valence-corrected chi connectivity index (χ1v) is 7.24. The lowest BCUT2D eigenvalue weighted by molar-refractivity contribution is -0.0607. The SMILES string of the molecule is CCOC1(C(N)CC2CCOCC2)CCCC1. The summed E-state index contributed by atoms with van der Waals surface area (Å²) in [5.41, 5.74) is 6.46. The molecule has 1 aliphatic heterocycles. The number of hydrogen-bond donors (Lipinski definition) is 1. The van der Waals surface area contributed by atoms with E-state index in [1.165, 1.54) is 25.7 Å². The van der Waals surface area contributed by atoms with Gasteiger partial charge in [0.1, 0.15) is 0 Å². The van der Waals surface area contributed by atoms with Crippen molar-refractivity contribution < 1.29 is 9.47 Å². The van der Waals surface area contributed by atoms with Gasteiger partial charge in [-0.05, 0) is 44.9 Å². The molecule has 0 aromatic rings. The van der Waals surface area contributed by atoms with Crippen LogP contribution in [0.15, 0.2) is 0 Å². The smallest absolute Gasteiger partial charge is 0.0832 e. The van der Waals surface area contributed by atoms with E-state index in [9.17, 15) is 0 Å². The highest BCUT2D eigenvalue weighted by atomic mass is 16.5. The fourth-order valence-corrected chi connectivity index (χ4v) is 3.44. The Kier molecular flexibility index (Phi) is 4.83. The van der Waals surface area contributed by atoms with Crippen LogP contribution >= 0.6 is 0 Å². The molecule has 17 heavy (non-hydrogen) atoms. The van der Waals surface area contributed by atoms with Crippen LogP contribution in [0.2, 0.25) is 0 Å². The van der Waals surface area contributed by atoms with E-state index in [1.807, 2.05) is 0 Å². The second-order valence-corrected chi connectivity index (χ2v) is 5.60. The second-order valence-electron chi connectivity index (χ2n) is 5.60. The van der Waals surface area contributed by atoms with Crippen LogP contribution in [0.4, 0.5) is 0 Å². The van der Waals surface area contributed by atoms with Gasteiger partial charge in [-0.1, -0.05) is 12.8 Å². The molecule has 0 aromatic carbocycles. The van der Waals surface area contributed by atoms with Gasteiger partial charge in [-0.15, -0.1) is 0 Å². The Hall–Kier alpha value is -0.120. The summed E-state index contributed by atoms with van der Waals surface area (Å²) in [7, 11) is 0. The van der Waals surface area contributed by atoms with Crippen molar-refractivity contribution in [2.45, 2.75) is 63.5 Å². The first kappa shape index (κ1) is 13.3. The van der Waals surface area contributed by atoms with Gasteiger partial charge in [-0.2, -0.15) is 0 Å². The number of hydrogen-bond acceptors (Lipinski definition) is 3. The third-order valence-electron chi connectivity index (χ3n) is 4.49. The average molecular weight is 241 g/mol. The molecule has 1 atom stereocenters. The van der Waals surface area contributed by atoms with Gasteiger partial charge in [-0.25, -0.2) is 0 Å². The van der Waals surface area contributed by atoms with Crippen LogP contribution in [-0.2, 0) is 9.47 Å². The molecule has 1 saturated heterocycles. The average Bonchev–Trinajstić information content (AvgIpc) is 2.81. The van der Waals surface area contributed by atoms with Crippen LogP contribution in [0.1, 0.15) is 51.9 Å². The predicted octanol–water partition coefficient (Wildman–Crippen LogP) is 2.48. The van der Waals surface area contributed by atoms with Crippen LogP contribution in [-0.4, -0.2) is 31.5 Å². The molecular weight excluding hydrogens is 214 g/mol. The molecule has 0 spiro atoms. The van der Waals surface area contributed by atoms with Crippen LogP contribution in [0.5, 0.6) is 0 Å². The Bertz CT molecular complexity index is 220. The molecule has 1 unspecified atom stereocenters. The van der Waals surface area contributed by atoms with Gasteiger partial charge < -0.3 is 15.2 Å². The summed E-state index contributed by atoms with van der Waals surface area (Å²) in [6.07, 6.45) is 8.34. The Morgan fingerprint density at radius 2 is 1.94 bits per heavy atom. The van der Waals surface area contributed by atoms with Gasteiger partial charge >= 0.3 is 0 Å². The van der Waals surface area contributed by atoms with E-state index in [4.69, 9.17) is 15.2 Å². The third kappa shape index (κ3) is 3.21. The summed E-state index contributed by atoms with van der Waals surface area (Å²) in [6, 6.07) is 0.216. The van der Waals surface area contributed by atoms with Crippen molar-refractivity contribution in [3.63, 3.8) is 0 Å². The monoisotopic (exact) mass is 241 g/mol. The first-order chi connectivity index (χ1) is 8.27. The van der Waals surface area contributed by atoms with E-state index in [0.717, 1.165) is 45.0 Å². The molecule has 2 aliphatic rings. The molecule has 0 aromatic heterocycles. The molecule has 1 aliphatic carbocycles. The zero-order chi connectivity index (χ0) is 12.1. The lowest BCUT2D eigenvalue weighted by Crippen LogP contribution is -2.49. The minimum absolute atomic E-state index is 0.00689. The van der Waals surface area contributed by atoms with E-state index in [-0.39, 0.29) is 11.6 Å². The van der Waals surface area contributed by atoms with Crippen molar-refractivity contribution >= 4 is 0 Å². The van der Waals surface area contributed by atoms with Crippen LogP contribution in [0, 0.1) is 5.92 Å². The van der Waals surface area contributed by atoms with E-state index in [0.29, 0.717) is 0 Å². The van der Waals surface area contributed by atoms with Gasteiger partial charge in [0, 0.05) is 25.9 Å². The molecular formula is C14H27NO2. The highest BCUT2D eigenvalue weighted by Crippen LogP contribution is 2.38. The van der Waals surface area contributed by atoms with Gasteiger partial charge in [0.15, 0.2) is 0 Å². The molecule has 0 bridgehead atoms. The normalized spacial score (nSPS) is 27.2. The van der Waals surface area contributed by atoms with Crippen molar-refractivity contribution in [1.29, 1.82) is 0 Å². The maximum Gasteiger partial charge on any atom is 0.0832 e. The second kappa shape index (κ2) is 6.17. The van der Waals surface area contributed by atoms with Crippen molar-refractivity contribution in [2.24, 2.45) is 11.7 Å². The standard InChI is InChI=1S/C14H27NO2/c1-2-17-14(7-3-4-8-14)13(15)11-12-5-9-16-10-6-12/h12-13H,2-11,15H2,1H3. The van der Waals surface area contributed by atoms with Gasteiger partial charge in [-0.3, -0.25) is 0 Å². The zero-order valence-corrected chi connectivity index (χ0v) is 11.1. The summed E-state index contributed by atoms with van der Waals surface area (Å²) in [4.78, 5) is 0. The van der Waals surface area contributed by atoms with E-state index < -0.39 is 0 Å². The summed E-state index contributed by atoms with van der Waals surface area (Å²) < 4.78 is 11.4.